The van der Waals surface area contributed by atoms with E-state index in [4.69, 9.17) is 9.47 Å². The SMILES string of the molecule is CCOC(=O)COc1ccc(CC(C)N(CC(O)c2ccccc2)CC(O)c2ccccc2)cc1. The topological polar surface area (TPSA) is 79.2 Å². The van der Waals surface area contributed by atoms with Crippen molar-refractivity contribution in [3.8, 4) is 5.75 Å². The summed E-state index contributed by atoms with van der Waals surface area (Å²) in [6.07, 6.45) is -0.609. The normalized spacial score (nSPS) is 13.7. The van der Waals surface area contributed by atoms with E-state index < -0.39 is 18.2 Å². The first-order chi connectivity index (χ1) is 17.0. The summed E-state index contributed by atoms with van der Waals surface area (Å²) in [6.45, 7) is 4.86. The number of aliphatic hydroxyl groups is 2. The van der Waals surface area contributed by atoms with Gasteiger partial charge in [-0.2, -0.15) is 0 Å². The summed E-state index contributed by atoms with van der Waals surface area (Å²) in [5, 5.41) is 21.8. The van der Waals surface area contributed by atoms with Crippen LogP contribution in [0.1, 0.15) is 42.7 Å². The lowest BCUT2D eigenvalue weighted by Gasteiger charge is -2.33. The van der Waals surface area contributed by atoms with E-state index in [9.17, 15) is 15.0 Å². The minimum Gasteiger partial charge on any atom is -0.482 e. The molecule has 3 aromatic rings. The highest BCUT2D eigenvalue weighted by molar-refractivity contribution is 5.71. The number of carbonyl (C=O) groups is 1. The Morgan fingerprint density at radius 2 is 1.34 bits per heavy atom. The van der Waals surface area contributed by atoms with Gasteiger partial charge in [-0.05, 0) is 49.1 Å². The molecule has 0 aromatic heterocycles. The molecule has 6 heteroatoms. The molecular weight excluding hydrogens is 442 g/mol. The van der Waals surface area contributed by atoms with E-state index in [-0.39, 0.29) is 12.6 Å². The Morgan fingerprint density at radius 3 is 1.83 bits per heavy atom. The van der Waals surface area contributed by atoms with Crippen LogP contribution in [0.25, 0.3) is 0 Å². The zero-order chi connectivity index (χ0) is 25.0. The second-order valence-corrected chi connectivity index (χ2v) is 8.60. The van der Waals surface area contributed by atoms with Gasteiger partial charge >= 0.3 is 5.97 Å². The van der Waals surface area contributed by atoms with Crippen LogP contribution in [0.5, 0.6) is 5.75 Å². The van der Waals surface area contributed by atoms with Crippen molar-refractivity contribution in [1.82, 2.24) is 4.90 Å². The molecule has 0 spiro atoms. The first-order valence-electron chi connectivity index (χ1n) is 12.0. The van der Waals surface area contributed by atoms with Gasteiger partial charge in [0.25, 0.3) is 0 Å². The summed E-state index contributed by atoms with van der Waals surface area (Å²) in [7, 11) is 0. The van der Waals surface area contributed by atoms with Crippen LogP contribution in [-0.2, 0) is 16.0 Å². The fourth-order valence-electron chi connectivity index (χ4n) is 3.98. The Balaban J connectivity index is 1.67. The maximum absolute atomic E-state index is 11.5. The molecule has 0 bridgehead atoms. The third-order valence-electron chi connectivity index (χ3n) is 5.92. The van der Waals surface area contributed by atoms with E-state index >= 15 is 0 Å². The zero-order valence-corrected chi connectivity index (χ0v) is 20.4. The van der Waals surface area contributed by atoms with Crippen LogP contribution in [0.2, 0.25) is 0 Å². The molecule has 3 rings (SSSR count). The predicted molar refractivity (Wildman–Crippen MR) is 136 cm³/mol. The summed E-state index contributed by atoms with van der Waals surface area (Å²) in [6, 6.07) is 26.8. The molecule has 0 fully saturated rings. The average Bonchev–Trinajstić information content (AvgIpc) is 2.89. The van der Waals surface area contributed by atoms with Crippen LogP contribution in [0.3, 0.4) is 0 Å². The lowest BCUT2D eigenvalue weighted by atomic mass is 10.0. The third kappa shape index (κ3) is 8.51. The molecule has 35 heavy (non-hydrogen) atoms. The fourth-order valence-corrected chi connectivity index (χ4v) is 3.98. The standard InChI is InChI=1S/C29H35NO5/c1-3-34-29(33)21-35-26-16-14-23(15-17-26)18-22(2)30(19-27(31)24-10-6-4-7-11-24)20-28(32)25-12-8-5-9-13-25/h4-17,22,27-28,31-32H,3,18-21H2,1-2H3. The van der Waals surface area contributed by atoms with Crippen molar-refractivity contribution in [2.24, 2.45) is 0 Å². The first-order valence-corrected chi connectivity index (χ1v) is 12.0. The van der Waals surface area contributed by atoms with E-state index in [0.29, 0.717) is 25.4 Å². The predicted octanol–water partition coefficient (Wildman–Crippen LogP) is 4.33. The number of rotatable bonds is 13. The van der Waals surface area contributed by atoms with Crippen molar-refractivity contribution >= 4 is 5.97 Å². The number of hydrogen-bond donors (Lipinski definition) is 2. The Kier molecular flexibility index (Phi) is 10.3. The van der Waals surface area contributed by atoms with Crippen molar-refractivity contribution in [2.45, 2.75) is 38.5 Å². The van der Waals surface area contributed by atoms with Crippen molar-refractivity contribution in [3.05, 3.63) is 102 Å². The highest BCUT2D eigenvalue weighted by Gasteiger charge is 2.22. The molecule has 3 unspecified atom stereocenters. The molecule has 0 saturated heterocycles. The largest absolute Gasteiger partial charge is 0.482 e. The number of nitrogens with zero attached hydrogens (tertiary/aromatic N) is 1. The monoisotopic (exact) mass is 477 g/mol. The maximum Gasteiger partial charge on any atom is 0.344 e. The van der Waals surface area contributed by atoms with Crippen molar-refractivity contribution in [2.75, 3.05) is 26.3 Å². The highest BCUT2D eigenvalue weighted by atomic mass is 16.6. The number of carbonyl (C=O) groups excluding carboxylic acids is 1. The average molecular weight is 478 g/mol. The highest BCUT2D eigenvalue weighted by Crippen LogP contribution is 2.22. The minimum atomic E-state index is -0.666. The molecule has 0 heterocycles. The lowest BCUT2D eigenvalue weighted by molar-refractivity contribution is -0.145. The molecule has 0 aliphatic rings. The van der Waals surface area contributed by atoms with E-state index in [1.807, 2.05) is 84.9 Å². The smallest absolute Gasteiger partial charge is 0.344 e. The second-order valence-electron chi connectivity index (χ2n) is 8.60. The Morgan fingerprint density at radius 1 is 0.829 bits per heavy atom. The van der Waals surface area contributed by atoms with Gasteiger partial charge in [-0.15, -0.1) is 0 Å². The van der Waals surface area contributed by atoms with Gasteiger partial charge in [-0.25, -0.2) is 4.79 Å². The number of hydrogen-bond acceptors (Lipinski definition) is 6. The number of esters is 1. The summed E-state index contributed by atoms with van der Waals surface area (Å²) >= 11 is 0. The van der Waals surface area contributed by atoms with Crippen LogP contribution in [-0.4, -0.2) is 53.4 Å². The molecule has 0 aliphatic carbocycles. The Hall–Kier alpha value is -3.19. The van der Waals surface area contributed by atoms with Crippen molar-refractivity contribution in [3.63, 3.8) is 0 Å². The molecule has 3 atom stereocenters. The quantitative estimate of drug-likeness (QED) is 0.357. The van der Waals surface area contributed by atoms with E-state index in [2.05, 4.69) is 11.8 Å². The van der Waals surface area contributed by atoms with Crippen molar-refractivity contribution in [1.29, 1.82) is 0 Å². The molecule has 186 valence electrons. The summed E-state index contributed by atoms with van der Waals surface area (Å²) in [5.74, 6) is 0.208. The van der Waals surface area contributed by atoms with Gasteiger partial charge in [0, 0.05) is 19.1 Å². The lowest BCUT2D eigenvalue weighted by Crippen LogP contribution is -2.40. The summed E-state index contributed by atoms with van der Waals surface area (Å²) in [5.41, 5.74) is 2.79. The minimum absolute atomic E-state index is 0.0537. The molecule has 0 saturated carbocycles. The van der Waals surface area contributed by atoms with Crippen LogP contribution in [0, 0.1) is 0 Å². The van der Waals surface area contributed by atoms with E-state index in [1.165, 1.54) is 0 Å². The number of aliphatic hydroxyl groups excluding tert-OH is 2. The second kappa shape index (κ2) is 13.6. The van der Waals surface area contributed by atoms with Crippen LogP contribution in [0.4, 0.5) is 0 Å². The number of ether oxygens (including phenoxy) is 2. The molecule has 0 radical (unpaired) electrons. The molecule has 3 aromatic carbocycles. The van der Waals surface area contributed by atoms with E-state index in [1.54, 1.807) is 6.92 Å². The van der Waals surface area contributed by atoms with Crippen LogP contribution >= 0.6 is 0 Å². The zero-order valence-electron chi connectivity index (χ0n) is 20.4. The van der Waals surface area contributed by atoms with Gasteiger partial charge in [0.1, 0.15) is 5.75 Å². The van der Waals surface area contributed by atoms with Crippen molar-refractivity contribution < 1.29 is 24.5 Å². The number of benzene rings is 3. The van der Waals surface area contributed by atoms with Gasteiger partial charge in [0.05, 0.1) is 18.8 Å². The molecule has 0 amide bonds. The van der Waals surface area contributed by atoms with Gasteiger partial charge < -0.3 is 19.7 Å². The molecule has 6 nitrogen and oxygen atoms in total. The summed E-state index contributed by atoms with van der Waals surface area (Å²) < 4.78 is 10.4. The van der Waals surface area contributed by atoms with Gasteiger partial charge in [0.2, 0.25) is 0 Å². The fraction of sp³-hybridized carbons (Fsp3) is 0.345. The molecule has 2 N–H and O–H groups in total. The summed E-state index contributed by atoms with van der Waals surface area (Å²) in [4.78, 5) is 13.6. The van der Waals surface area contributed by atoms with Crippen LogP contribution < -0.4 is 4.74 Å². The maximum atomic E-state index is 11.5. The van der Waals surface area contributed by atoms with Gasteiger partial charge in [0.15, 0.2) is 6.61 Å². The molecular formula is C29H35NO5. The van der Waals surface area contributed by atoms with Gasteiger partial charge in [-0.1, -0.05) is 72.8 Å². The first kappa shape index (κ1) is 26.4. The van der Waals surface area contributed by atoms with Crippen LogP contribution in [0.15, 0.2) is 84.9 Å². The Labute approximate surface area is 207 Å². The van der Waals surface area contributed by atoms with Gasteiger partial charge in [-0.3, -0.25) is 4.90 Å². The molecule has 0 aliphatic heterocycles. The third-order valence-corrected chi connectivity index (χ3v) is 5.92. The van der Waals surface area contributed by atoms with E-state index in [0.717, 1.165) is 23.1 Å². The Bertz CT molecular complexity index is 963.